The molecule has 104 valence electrons. The molecule has 2 aromatic heterocycles. The Morgan fingerprint density at radius 1 is 1.42 bits per heavy atom. The zero-order valence-corrected chi connectivity index (χ0v) is 13.8. The van der Waals surface area contributed by atoms with Crippen LogP contribution in [0.5, 0.6) is 0 Å². The van der Waals surface area contributed by atoms with Gasteiger partial charge in [-0.3, -0.25) is 4.99 Å². The number of hydrogen-bond donors (Lipinski definition) is 2. The van der Waals surface area contributed by atoms with Crippen molar-refractivity contribution in [1.29, 1.82) is 0 Å². The Morgan fingerprint density at radius 3 is 2.95 bits per heavy atom. The van der Waals surface area contributed by atoms with E-state index in [1.165, 1.54) is 4.88 Å². The summed E-state index contributed by atoms with van der Waals surface area (Å²) < 4.78 is 4.76. The maximum absolute atomic E-state index is 4.76. The Bertz CT molecular complexity index is 470. The monoisotopic (exact) mass is 392 g/mol. The minimum atomic E-state index is 0. The first-order chi connectivity index (χ1) is 8.88. The van der Waals surface area contributed by atoms with Crippen LogP contribution in [-0.4, -0.2) is 24.7 Å². The highest BCUT2D eigenvalue weighted by molar-refractivity contribution is 14.0. The van der Waals surface area contributed by atoms with Crippen molar-refractivity contribution in [2.45, 2.75) is 13.0 Å². The standard InChI is InChI=1S/C12H16N4OS.HI/c1-13-12(15-9-10-5-7-17-16-10)14-6-4-11-3-2-8-18-11;/h2-3,5,7-8H,4,6,9H2,1H3,(H2,13,14,15);1H. The second kappa shape index (κ2) is 8.92. The Balaban J connectivity index is 0.00000180. The smallest absolute Gasteiger partial charge is 0.191 e. The van der Waals surface area contributed by atoms with E-state index in [1.807, 2.05) is 6.07 Å². The van der Waals surface area contributed by atoms with Gasteiger partial charge in [0.15, 0.2) is 5.96 Å². The minimum absolute atomic E-state index is 0. The van der Waals surface area contributed by atoms with Crippen LogP contribution in [0, 0.1) is 0 Å². The van der Waals surface area contributed by atoms with Gasteiger partial charge in [0.1, 0.15) is 12.0 Å². The van der Waals surface area contributed by atoms with E-state index in [-0.39, 0.29) is 24.0 Å². The molecule has 0 aliphatic heterocycles. The molecule has 2 N–H and O–H groups in total. The molecule has 0 radical (unpaired) electrons. The van der Waals surface area contributed by atoms with Crippen LogP contribution in [0.15, 0.2) is 39.4 Å². The summed E-state index contributed by atoms with van der Waals surface area (Å²) in [5.74, 6) is 0.773. The van der Waals surface area contributed by atoms with E-state index in [4.69, 9.17) is 4.52 Å². The number of hydrogen-bond acceptors (Lipinski definition) is 4. The quantitative estimate of drug-likeness (QED) is 0.466. The first-order valence-corrected chi connectivity index (χ1v) is 6.62. The van der Waals surface area contributed by atoms with Crippen LogP contribution in [-0.2, 0) is 13.0 Å². The van der Waals surface area contributed by atoms with Gasteiger partial charge in [-0.15, -0.1) is 35.3 Å². The van der Waals surface area contributed by atoms with Gasteiger partial charge < -0.3 is 15.2 Å². The summed E-state index contributed by atoms with van der Waals surface area (Å²) in [5.41, 5.74) is 0.858. The number of nitrogens with one attached hydrogen (secondary N) is 2. The summed E-state index contributed by atoms with van der Waals surface area (Å²) in [6.45, 7) is 1.47. The van der Waals surface area contributed by atoms with Crippen LogP contribution in [0.2, 0.25) is 0 Å². The second-order valence-corrected chi connectivity index (χ2v) is 4.70. The number of thiophene rings is 1. The zero-order chi connectivity index (χ0) is 12.6. The Hall–Kier alpha value is -1.09. The average molecular weight is 392 g/mol. The molecule has 5 nitrogen and oxygen atoms in total. The number of aliphatic imine (C=N–C) groups is 1. The van der Waals surface area contributed by atoms with Gasteiger partial charge >= 0.3 is 0 Å². The lowest BCUT2D eigenvalue weighted by Gasteiger charge is -2.10. The molecular formula is C12H17IN4OS. The Kier molecular flexibility index (Phi) is 7.49. The molecule has 0 saturated carbocycles. The summed E-state index contributed by atoms with van der Waals surface area (Å²) in [7, 11) is 1.75. The first-order valence-electron chi connectivity index (χ1n) is 5.74. The molecule has 0 aromatic carbocycles. The summed E-state index contributed by atoms with van der Waals surface area (Å²) in [5, 5.41) is 12.3. The predicted molar refractivity (Wildman–Crippen MR) is 88.1 cm³/mol. The van der Waals surface area contributed by atoms with Crippen LogP contribution in [0.4, 0.5) is 0 Å². The molecule has 0 fully saturated rings. The van der Waals surface area contributed by atoms with Crippen molar-refractivity contribution in [3.05, 3.63) is 40.4 Å². The molecule has 7 heteroatoms. The van der Waals surface area contributed by atoms with Crippen LogP contribution in [0.25, 0.3) is 0 Å². The number of nitrogens with zero attached hydrogens (tertiary/aromatic N) is 2. The predicted octanol–water partition coefficient (Wildman–Crippen LogP) is 2.26. The molecule has 0 amide bonds. The van der Waals surface area contributed by atoms with E-state index in [9.17, 15) is 0 Å². The highest BCUT2D eigenvalue weighted by Gasteiger charge is 2.00. The van der Waals surface area contributed by atoms with Crippen LogP contribution in [0.1, 0.15) is 10.6 Å². The largest absolute Gasteiger partial charge is 0.364 e. The van der Waals surface area contributed by atoms with Crippen molar-refractivity contribution in [2.75, 3.05) is 13.6 Å². The third-order valence-corrected chi connectivity index (χ3v) is 3.33. The fourth-order valence-electron chi connectivity index (χ4n) is 1.48. The van der Waals surface area contributed by atoms with Crippen LogP contribution < -0.4 is 10.6 Å². The fourth-order valence-corrected chi connectivity index (χ4v) is 2.19. The molecular weight excluding hydrogens is 375 g/mol. The Labute approximate surface area is 133 Å². The first kappa shape index (κ1) is 16.0. The van der Waals surface area contributed by atoms with E-state index in [1.54, 1.807) is 24.6 Å². The highest BCUT2D eigenvalue weighted by atomic mass is 127. The SMILES string of the molecule is CN=C(NCCc1cccs1)NCc1ccon1.I. The van der Waals surface area contributed by atoms with Crippen molar-refractivity contribution < 1.29 is 4.52 Å². The van der Waals surface area contributed by atoms with Crippen molar-refractivity contribution in [1.82, 2.24) is 15.8 Å². The second-order valence-electron chi connectivity index (χ2n) is 3.67. The van der Waals surface area contributed by atoms with Crippen LogP contribution >= 0.6 is 35.3 Å². The number of rotatable bonds is 5. The third kappa shape index (κ3) is 5.60. The van der Waals surface area contributed by atoms with Gasteiger partial charge in [-0.25, -0.2) is 0 Å². The maximum atomic E-state index is 4.76. The molecule has 0 spiro atoms. The van der Waals surface area contributed by atoms with E-state index >= 15 is 0 Å². The van der Waals surface area contributed by atoms with E-state index in [0.29, 0.717) is 6.54 Å². The molecule has 0 bridgehead atoms. The van der Waals surface area contributed by atoms with Gasteiger partial charge in [0, 0.05) is 24.5 Å². The lowest BCUT2D eigenvalue weighted by molar-refractivity contribution is 0.410. The minimum Gasteiger partial charge on any atom is -0.364 e. The number of aromatic nitrogens is 1. The van der Waals surface area contributed by atoms with Crippen LogP contribution in [0.3, 0.4) is 0 Å². The topological polar surface area (TPSA) is 62.5 Å². The van der Waals surface area contributed by atoms with Gasteiger partial charge in [-0.2, -0.15) is 0 Å². The van der Waals surface area contributed by atoms with Crippen molar-refractivity contribution >= 4 is 41.3 Å². The average Bonchev–Trinajstić information content (AvgIpc) is 3.06. The van der Waals surface area contributed by atoms with Crippen molar-refractivity contribution in [3.63, 3.8) is 0 Å². The normalized spacial score (nSPS) is 10.9. The molecule has 0 unspecified atom stereocenters. The maximum Gasteiger partial charge on any atom is 0.191 e. The van der Waals surface area contributed by atoms with Gasteiger partial charge in [0.05, 0.1) is 6.54 Å². The summed E-state index contributed by atoms with van der Waals surface area (Å²) in [4.78, 5) is 5.52. The molecule has 2 aromatic rings. The van der Waals surface area contributed by atoms with E-state index in [0.717, 1.165) is 24.6 Å². The van der Waals surface area contributed by atoms with Crippen molar-refractivity contribution in [3.8, 4) is 0 Å². The van der Waals surface area contributed by atoms with Crippen molar-refractivity contribution in [2.24, 2.45) is 4.99 Å². The lowest BCUT2D eigenvalue weighted by Crippen LogP contribution is -2.37. The third-order valence-electron chi connectivity index (χ3n) is 2.40. The fraction of sp³-hybridized carbons (Fsp3) is 0.333. The lowest BCUT2D eigenvalue weighted by atomic mass is 10.3. The van der Waals surface area contributed by atoms with Gasteiger partial charge in [-0.05, 0) is 17.9 Å². The van der Waals surface area contributed by atoms with E-state index in [2.05, 4.69) is 38.3 Å². The van der Waals surface area contributed by atoms with Gasteiger partial charge in [0.2, 0.25) is 0 Å². The zero-order valence-electron chi connectivity index (χ0n) is 10.6. The molecule has 2 heterocycles. The highest BCUT2D eigenvalue weighted by Crippen LogP contribution is 2.07. The molecule has 2 rings (SSSR count). The molecule has 0 atom stereocenters. The summed E-state index contributed by atoms with van der Waals surface area (Å²) >= 11 is 1.77. The molecule has 0 aliphatic carbocycles. The molecule has 19 heavy (non-hydrogen) atoms. The summed E-state index contributed by atoms with van der Waals surface area (Å²) in [6, 6.07) is 6.03. The summed E-state index contributed by atoms with van der Waals surface area (Å²) in [6.07, 6.45) is 2.56. The van der Waals surface area contributed by atoms with Gasteiger partial charge in [0.25, 0.3) is 0 Å². The number of guanidine groups is 1. The number of halogens is 1. The molecule has 0 saturated heterocycles. The Morgan fingerprint density at radius 2 is 2.32 bits per heavy atom. The van der Waals surface area contributed by atoms with E-state index < -0.39 is 0 Å². The van der Waals surface area contributed by atoms with Gasteiger partial charge in [-0.1, -0.05) is 11.2 Å². The molecule has 0 aliphatic rings.